The molecule has 1 atom stereocenters. The Morgan fingerprint density at radius 2 is 2.00 bits per heavy atom. The first-order valence-electron chi connectivity index (χ1n) is 5.69. The Labute approximate surface area is 96.3 Å². The second-order valence-corrected chi connectivity index (χ2v) is 4.29. The first kappa shape index (κ1) is 9.41. The summed E-state index contributed by atoms with van der Waals surface area (Å²) in [5.74, 6) is 0.411. The van der Waals surface area contributed by atoms with Gasteiger partial charge in [-0.2, -0.15) is 0 Å². The van der Waals surface area contributed by atoms with Crippen LogP contribution in [0.4, 0.5) is 0 Å². The third-order valence-corrected chi connectivity index (χ3v) is 3.30. The maximum absolute atomic E-state index is 4.12. The van der Waals surface area contributed by atoms with Crippen molar-refractivity contribution >= 4 is 6.08 Å². The summed E-state index contributed by atoms with van der Waals surface area (Å²) in [5, 5.41) is 0. The molecule has 0 fully saturated rings. The van der Waals surface area contributed by atoms with Gasteiger partial charge in [0, 0.05) is 5.92 Å². The van der Waals surface area contributed by atoms with E-state index in [2.05, 4.69) is 61.2 Å². The molecule has 0 saturated heterocycles. The Balaban J connectivity index is 2.02. The lowest BCUT2D eigenvalue weighted by Gasteiger charge is -2.18. The van der Waals surface area contributed by atoms with Gasteiger partial charge in [-0.05, 0) is 28.7 Å². The van der Waals surface area contributed by atoms with Gasteiger partial charge in [-0.25, -0.2) is 0 Å². The van der Waals surface area contributed by atoms with Crippen LogP contribution >= 0.6 is 0 Å². The smallest absolute Gasteiger partial charge is 0.0281 e. The van der Waals surface area contributed by atoms with E-state index in [1.165, 1.54) is 16.7 Å². The van der Waals surface area contributed by atoms with Crippen LogP contribution in [0.15, 0.2) is 66.3 Å². The van der Waals surface area contributed by atoms with Gasteiger partial charge in [0.1, 0.15) is 0 Å². The Morgan fingerprint density at radius 3 is 2.88 bits per heavy atom. The van der Waals surface area contributed by atoms with E-state index in [4.69, 9.17) is 0 Å². The summed E-state index contributed by atoms with van der Waals surface area (Å²) in [6.45, 7) is 4.12. The minimum absolute atomic E-state index is 0.411. The highest BCUT2D eigenvalue weighted by atomic mass is 14.3. The van der Waals surface area contributed by atoms with Crippen LogP contribution in [-0.4, -0.2) is 0 Å². The molecule has 3 rings (SSSR count). The van der Waals surface area contributed by atoms with Crippen molar-refractivity contribution in [3.8, 4) is 0 Å². The number of fused-ring (bicyclic) bond motifs is 1. The zero-order valence-electron chi connectivity index (χ0n) is 9.19. The van der Waals surface area contributed by atoms with Gasteiger partial charge in [0.2, 0.25) is 0 Å². The fourth-order valence-electron chi connectivity index (χ4n) is 2.48. The van der Waals surface area contributed by atoms with Gasteiger partial charge in [-0.15, -0.1) is 0 Å². The predicted octanol–water partition coefficient (Wildman–Crippen LogP) is 4.24. The molecule has 0 amide bonds. The van der Waals surface area contributed by atoms with Gasteiger partial charge in [-0.3, -0.25) is 0 Å². The molecule has 1 unspecified atom stereocenters. The number of benzene rings is 1. The van der Waals surface area contributed by atoms with Crippen molar-refractivity contribution in [2.45, 2.75) is 12.3 Å². The average Bonchev–Trinajstić information content (AvgIpc) is 2.74. The molecule has 1 aromatic rings. The highest BCUT2D eigenvalue weighted by Gasteiger charge is 2.21. The van der Waals surface area contributed by atoms with Crippen LogP contribution in [0.25, 0.3) is 6.08 Å². The van der Waals surface area contributed by atoms with E-state index in [9.17, 15) is 0 Å². The highest BCUT2D eigenvalue weighted by Crippen LogP contribution is 2.39. The van der Waals surface area contributed by atoms with Crippen LogP contribution in [0, 0.1) is 0 Å². The number of hydrogen-bond donors (Lipinski definition) is 0. The van der Waals surface area contributed by atoms with E-state index < -0.39 is 0 Å². The lowest BCUT2D eigenvalue weighted by molar-refractivity contribution is 1.01. The third-order valence-electron chi connectivity index (χ3n) is 3.30. The summed E-state index contributed by atoms with van der Waals surface area (Å²) in [5.41, 5.74) is 5.27. The normalized spacial score (nSPS) is 22.1. The van der Waals surface area contributed by atoms with Gasteiger partial charge < -0.3 is 0 Å². The van der Waals surface area contributed by atoms with Crippen molar-refractivity contribution in [1.29, 1.82) is 0 Å². The van der Waals surface area contributed by atoms with Crippen LogP contribution in [-0.2, 0) is 0 Å². The highest BCUT2D eigenvalue weighted by molar-refractivity contribution is 5.67. The summed E-state index contributed by atoms with van der Waals surface area (Å²) in [6, 6.07) is 8.59. The lowest BCUT2D eigenvalue weighted by Crippen LogP contribution is -2.01. The Morgan fingerprint density at radius 1 is 1.12 bits per heavy atom. The second-order valence-electron chi connectivity index (χ2n) is 4.29. The molecule has 0 bridgehead atoms. The predicted molar refractivity (Wildman–Crippen MR) is 69.2 cm³/mol. The Hall–Kier alpha value is -1.82. The zero-order valence-corrected chi connectivity index (χ0v) is 9.19. The third kappa shape index (κ3) is 1.38. The zero-order chi connectivity index (χ0) is 11.0. The SMILES string of the molecule is C=C1C=CCC=C1C1C=Cc2ccccc21. The fraction of sp³-hybridized carbons (Fsp3) is 0.125. The van der Waals surface area contributed by atoms with E-state index in [1.54, 1.807) is 0 Å². The molecule has 16 heavy (non-hydrogen) atoms. The molecule has 2 aliphatic carbocycles. The van der Waals surface area contributed by atoms with E-state index >= 15 is 0 Å². The minimum Gasteiger partial charge on any atom is -0.0915 e. The summed E-state index contributed by atoms with van der Waals surface area (Å²) in [6.07, 6.45) is 12.1. The molecule has 2 aliphatic rings. The summed E-state index contributed by atoms with van der Waals surface area (Å²) in [4.78, 5) is 0. The van der Waals surface area contributed by atoms with Crippen LogP contribution in [0.5, 0.6) is 0 Å². The average molecular weight is 206 g/mol. The molecule has 0 saturated carbocycles. The van der Waals surface area contributed by atoms with Crippen LogP contribution in [0.3, 0.4) is 0 Å². The molecular weight excluding hydrogens is 192 g/mol. The quantitative estimate of drug-likeness (QED) is 0.644. The van der Waals surface area contributed by atoms with Gasteiger partial charge in [0.25, 0.3) is 0 Å². The van der Waals surface area contributed by atoms with Gasteiger partial charge >= 0.3 is 0 Å². The van der Waals surface area contributed by atoms with Crippen LogP contribution in [0.2, 0.25) is 0 Å². The fourth-order valence-corrected chi connectivity index (χ4v) is 2.48. The van der Waals surface area contributed by atoms with E-state index in [1.807, 2.05) is 0 Å². The maximum Gasteiger partial charge on any atom is 0.0281 e. The van der Waals surface area contributed by atoms with Crippen molar-refractivity contribution in [2.75, 3.05) is 0 Å². The molecule has 0 heterocycles. The van der Waals surface area contributed by atoms with Crippen molar-refractivity contribution in [2.24, 2.45) is 0 Å². The maximum atomic E-state index is 4.12. The molecule has 78 valence electrons. The summed E-state index contributed by atoms with van der Waals surface area (Å²) in [7, 11) is 0. The standard InChI is InChI=1S/C16H14/c1-12-6-2-4-8-14(12)16-11-10-13-7-3-5-9-15(13)16/h2-3,5-11,16H,1,4H2. The largest absolute Gasteiger partial charge is 0.0915 e. The van der Waals surface area contributed by atoms with E-state index in [-0.39, 0.29) is 0 Å². The molecular formula is C16H14. The van der Waals surface area contributed by atoms with Crippen molar-refractivity contribution < 1.29 is 0 Å². The van der Waals surface area contributed by atoms with Gasteiger partial charge in [0.15, 0.2) is 0 Å². The van der Waals surface area contributed by atoms with Crippen molar-refractivity contribution in [3.05, 3.63) is 77.4 Å². The summed E-state index contributed by atoms with van der Waals surface area (Å²) >= 11 is 0. The number of hydrogen-bond acceptors (Lipinski definition) is 0. The van der Waals surface area contributed by atoms with Crippen molar-refractivity contribution in [3.63, 3.8) is 0 Å². The number of allylic oxidation sites excluding steroid dienone is 6. The lowest BCUT2D eigenvalue weighted by atomic mass is 9.86. The minimum atomic E-state index is 0.411. The molecule has 0 spiro atoms. The molecule has 0 nitrogen and oxygen atoms in total. The topological polar surface area (TPSA) is 0 Å². The van der Waals surface area contributed by atoms with E-state index in [0.717, 1.165) is 12.0 Å². The van der Waals surface area contributed by atoms with Gasteiger partial charge in [0.05, 0.1) is 0 Å². The molecule has 1 aromatic carbocycles. The van der Waals surface area contributed by atoms with Gasteiger partial charge in [-0.1, -0.05) is 61.2 Å². The molecule has 0 N–H and O–H groups in total. The monoisotopic (exact) mass is 206 g/mol. The molecule has 0 heteroatoms. The second kappa shape index (κ2) is 3.64. The summed E-state index contributed by atoms with van der Waals surface area (Å²) < 4.78 is 0. The van der Waals surface area contributed by atoms with Crippen LogP contribution < -0.4 is 0 Å². The molecule has 0 aromatic heterocycles. The van der Waals surface area contributed by atoms with Crippen LogP contribution in [0.1, 0.15) is 23.5 Å². The Kier molecular flexibility index (Phi) is 2.14. The number of rotatable bonds is 1. The van der Waals surface area contributed by atoms with Crippen molar-refractivity contribution in [1.82, 2.24) is 0 Å². The van der Waals surface area contributed by atoms with E-state index in [0.29, 0.717) is 5.92 Å². The Bertz CT molecular complexity index is 527. The first-order chi connectivity index (χ1) is 7.86. The molecule has 0 radical (unpaired) electrons. The molecule has 0 aliphatic heterocycles. The first-order valence-corrected chi connectivity index (χ1v) is 5.69.